The van der Waals surface area contributed by atoms with E-state index >= 15 is 0 Å². The van der Waals surface area contributed by atoms with Crippen molar-refractivity contribution in [1.29, 1.82) is 0 Å². The first kappa shape index (κ1) is 11.3. The van der Waals surface area contributed by atoms with Gasteiger partial charge in [0.25, 0.3) is 0 Å². The zero-order chi connectivity index (χ0) is 11.5. The van der Waals surface area contributed by atoms with Crippen LogP contribution < -0.4 is 16.6 Å². The minimum Gasteiger partial charge on any atom is -0.304 e. The highest BCUT2D eigenvalue weighted by molar-refractivity contribution is 5.89. The van der Waals surface area contributed by atoms with Gasteiger partial charge in [-0.3, -0.25) is 10.5 Å². The Balaban J connectivity index is 2.74. The number of hydrogen-bond donors (Lipinski definition) is 4. The molecule has 0 bridgehead atoms. The smallest absolute Gasteiger partial charge is 0.304 e. The minimum absolute atomic E-state index is 0.0599. The molecule has 2 amide bonds. The Labute approximate surface area is 82.0 Å². The summed E-state index contributed by atoms with van der Waals surface area (Å²) in [6.45, 7) is 0. The summed E-state index contributed by atoms with van der Waals surface area (Å²) in [5.41, 5.74) is 1.36. The summed E-state index contributed by atoms with van der Waals surface area (Å²) in [7, 11) is 0. The van der Waals surface area contributed by atoms with Crippen LogP contribution in [0.15, 0.2) is 6.20 Å². The Morgan fingerprint density at radius 3 is 2.80 bits per heavy atom. The van der Waals surface area contributed by atoms with Gasteiger partial charge in [0.15, 0.2) is 0 Å². The molecule has 0 aliphatic carbocycles. The average Bonchev–Trinajstić information content (AvgIpc) is 2.50. The molecule has 15 heavy (non-hydrogen) atoms. The number of hydrogen-bond acceptors (Lipinski definition) is 3. The van der Waals surface area contributed by atoms with Crippen LogP contribution in [0.3, 0.4) is 0 Å². The molecule has 1 rings (SSSR count). The Morgan fingerprint density at radius 2 is 2.27 bits per heavy atom. The van der Waals surface area contributed by atoms with Gasteiger partial charge in [0.1, 0.15) is 0 Å². The molecule has 1 aromatic heterocycles. The van der Waals surface area contributed by atoms with E-state index in [-0.39, 0.29) is 11.4 Å². The lowest BCUT2D eigenvalue weighted by atomic mass is 10.3. The van der Waals surface area contributed by atoms with Gasteiger partial charge in [0.05, 0.1) is 17.8 Å². The molecule has 5 N–H and O–H groups in total. The number of aromatic amines is 1. The molecule has 1 heterocycles. The highest BCUT2D eigenvalue weighted by Crippen LogP contribution is 2.24. The van der Waals surface area contributed by atoms with E-state index in [9.17, 15) is 18.0 Å². The van der Waals surface area contributed by atoms with Gasteiger partial charge in [-0.25, -0.2) is 10.6 Å². The Kier molecular flexibility index (Phi) is 3.14. The van der Waals surface area contributed by atoms with Crippen LogP contribution in [0.5, 0.6) is 0 Å². The Bertz CT molecular complexity index is 347. The second-order valence-electron chi connectivity index (χ2n) is 2.64. The van der Waals surface area contributed by atoms with Gasteiger partial charge in [-0.2, -0.15) is 18.3 Å². The number of nitrogens with two attached hydrogens (primary N) is 1. The number of halogens is 3. The largest absolute Gasteiger partial charge is 0.394 e. The number of urea groups is 1. The maximum Gasteiger partial charge on any atom is 0.394 e. The predicted molar refractivity (Wildman–Crippen MR) is 44.7 cm³/mol. The third kappa shape index (κ3) is 3.46. The molecule has 0 saturated heterocycles. The van der Waals surface area contributed by atoms with Crippen LogP contribution in [0, 0.1) is 0 Å². The summed E-state index contributed by atoms with van der Waals surface area (Å²) in [6.07, 6.45) is -4.47. The zero-order valence-corrected chi connectivity index (χ0v) is 7.35. The highest BCUT2D eigenvalue weighted by Gasteiger charge is 2.30. The number of rotatable bonds is 2. The fourth-order valence-corrected chi connectivity index (χ4v) is 0.910. The average molecular weight is 223 g/mol. The van der Waals surface area contributed by atoms with Crippen molar-refractivity contribution in [2.45, 2.75) is 12.6 Å². The standard InChI is InChI=1S/C6H8F3N5O/c7-6(8,9)1-3-4(2-11-14-3)12-5(15)13-10/h2H,1,10H2,(H,11,14)(H2,12,13,15). The van der Waals surface area contributed by atoms with Crippen LogP contribution >= 0.6 is 0 Å². The van der Waals surface area contributed by atoms with Crippen molar-refractivity contribution in [3.05, 3.63) is 11.9 Å². The maximum atomic E-state index is 12.0. The first-order valence-corrected chi connectivity index (χ1v) is 3.79. The summed E-state index contributed by atoms with van der Waals surface area (Å²) >= 11 is 0. The molecule has 0 aliphatic heterocycles. The van der Waals surface area contributed by atoms with Crippen molar-refractivity contribution in [2.24, 2.45) is 5.84 Å². The van der Waals surface area contributed by atoms with Crippen molar-refractivity contribution in [3.63, 3.8) is 0 Å². The van der Waals surface area contributed by atoms with Crippen molar-refractivity contribution < 1.29 is 18.0 Å². The number of carbonyl (C=O) groups is 1. The third-order valence-electron chi connectivity index (χ3n) is 1.47. The Morgan fingerprint density at radius 1 is 1.60 bits per heavy atom. The molecule has 1 aromatic rings. The van der Waals surface area contributed by atoms with Crippen LogP contribution in [0.2, 0.25) is 0 Å². The fourth-order valence-electron chi connectivity index (χ4n) is 0.910. The topological polar surface area (TPSA) is 95.8 Å². The van der Waals surface area contributed by atoms with Gasteiger partial charge in [0, 0.05) is 6.20 Å². The van der Waals surface area contributed by atoms with Crippen LogP contribution in [0.4, 0.5) is 23.7 Å². The maximum absolute atomic E-state index is 12.0. The van der Waals surface area contributed by atoms with E-state index in [0.717, 1.165) is 6.20 Å². The summed E-state index contributed by atoms with van der Waals surface area (Å²) in [4.78, 5) is 10.7. The number of H-pyrrole nitrogens is 1. The monoisotopic (exact) mass is 223 g/mol. The number of amides is 2. The number of alkyl halides is 3. The Hall–Kier alpha value is -1.77. The summed E-state index contributed by atoms with van der Waals surface area (Å²) in [5.74, 6) is 4.75. The van der Waals surface area contributed by atoms with E-state index in [1.165, 1.54) is 0 Å². The lowest BCUT2D eigenvalue weighted by Gasteiger charge is -2.06. The molecule has 9 heteroatoms. The van der Waals surface area contributed by atoms with Gasteiger partial charge >= 0.3 is 12.2 Å². The first-order chi connectivity index (χ1) is 6.92. The van der Waals surface area contributed by atoms with E-state index in [1.54, 1.807) is 5.43 Å². The highest BCUT2D eigenvalue weighted by atomic mass is 19.4. The zero-order valence-electron chi connectivity index (χ0n) is 7.35. The molecule has 0 radical (unpaired) electrons. The van der Waals surface area contributed by atoms with Crippen LogP contribution in [0.1, 0.15) is 5.69 Å². The number of nitrogens with one attached hydrogen (secondary N) is 3. The summed E-state index contributed by atoms with van der Waals surface area (Å²) in [5, 5.41) is 7.67. The van der Waals surface area contributed by atoms with Crippen LogP contribution in [0.25, 0.3) is 0 Å². The molecule has 0 saturated carbocycles. The van der Waals surface area contributed by atoms with Crippen molar-refractivity contribution >= 4 is 11.7 Å². The van der Waals surface area contributed by atoms with E-state index in [0.29, 0.717) is 0 Å². The number of nitrogens with zero attached hydrogens (tertiary/aromatic N) is 1. The van der Waals surface area contributed by atoms with E-state index in [1.807, 2.05) is 0 Å². The minimum atomic E-state index is -4.38. The first-order valence-electron chi connectivity index (χ1n) is 3.79. The number of carbonyl (C=O) groups excluding carboxylic acids is 1. The molecular formula is C6H8F3N5O. The van der Waals surface area contributed by atoms with Gasteiger partial charge in [-0.1, -0.05) is 0 Å². The van der Waals surface area contributed by atoms with Gasteiger partial charge in [-0.15, -0.1) is 0 Å². The fraction of sp³-hybridized carbons (Fsp3) is 0.333. The SMILES string of the molecule is NNC(=O)Nc1c[nH]nc1CC(F)(F)F. The summed E-state index contributed by atoms with van der Waals surface area (Å²) in [6, 6.07) is -0.820. The second-order valence-corrected chi connectivity index (χ2v) is 2.64. The summed E-state index contributed by atoms with van der Waals surface area (Å²) < 4.78 is 36.0. The molecule has 84 valence electrons. The normalized spacial score (nSPS) is 11.2. The molecule has 6 nitrogen and oxygen atoms in total. The molecule has 0 aliphatic rings. The second kappa shape index (κ2) is 4.17. The van der Waals surface area contributed by atoms with Crippen molar-refractivity contribution in [2.75, 3.05) is 5.32 Å². The van der Waals surface area contributed by atoms with Gasteiger partial charge in [0.2, 0.25) is 0 Å². The lowest BCUT2D eigenvalue weighted by Crippen LogP contribution is -2.34. The molecule has 0 atom stereocenters. The van der Waals surface area contributed by atoms with Crippen molar-refractivity contribution in [1.82, 2.24) is 15.6 Å². The lowest BCUT2D eigenvalue weighted by molar-refractivity contribution is -0.127. The molecule has 0 unspecified atom stereocenters. The number of hydrazine groups is 1. The van der Waals surface area contributed by atoms with Crippen LogP contribution in [-0.2, 0) is 6.42 Å². The number of anilines is 1. The molecular weight excluding hydrogens is 215 g/mol. The predicted octanol–water partition coefficient (Wildman–Crippen LogP) is 0.510. The van der Waals surface area contributed by atoms with Gasteiger partial charge < -0.3 is 5.32 Å². The van der Waals surface area contributed by atoms with Gasteiger partial charge in [-0.05, 0) is 0 Å². The molecule has 0 fully saturated rings. The number of aromatic nitrogens is 2. The quantitative estimate of drug-likeness (QED) is 0.334. The van der Waals surface area contributed by atoms with E-state index < -0.39 is 18.6 Å². The third-order valence-corrected chi connectivity index (χ3v) is 1.47. The van der Waals surface area contributed by atoms with Crippen LogP contribution in [-0.4, -0.2) is 22.4 Å². The van der Waals surface area contributed by atoms with E-state index in [2.05, 4.69) is 15.5 Å². The van der Waals surface area contributed by atoms with Crippen molar-refractivity contribution in [3.8, 4) is 0 Å². The van der Waals surface area contributed by atoms with E-state index in [4.69, 9.17) is 5.84 Å². The molecule has 0 spiro atoms. The molecule has 0 aromatic carbocycles.